The molecule has 2 heterocycles. The van der Waals surface area contributed by atoms with Crippen molar-refractivity contribution in [2.24, 2.45) is 7.05 Å². The van der Waals surface area contributed by atoms with Crippen LogP contribution in [0.25, 0.3) is 0 Å². The van der Waals surface area contributed by atoms with Crippen LogP contribution in [0.4, 0.5) is 0 Å². The fraction of sp³-hybridized carbons (Fsp3) is 0.500. The van der Waals surface area contributed by atoms with Crippen LogP contribution in [-0.4, -0.2) is 45.3 Å². The molecule has 0 saturated carbocycles. The van der Waals surface area contributed by atoms with E-state index in [-0.39, 0.29) is 18.1 Å². The second-order valence-corrected chi connectivity index (χ2v) is 6.64. The van der Waals surface area contributed by atoms with Crippen molar-refractivity contribution in [1.29, 1.82) is 0 Å². The van der Waals surface area contributed by atoms with E-state index in [4.69, 9.17) is 4.74 Å². The number of likely N-dealkylation sites (tertiary alicyclic amines) is 1. The SMILES string of the molecule is CO[C@@H]1C[C@@H](c2nncn2C)N(C(=O)c2ccc(C(C)C)cc2)C1. The van der Waals surface area contributed by atoms with E-state index in [0.29, 0.717) is 18.0 Å². The average Bonchev–Trinajstić information content (AvgIpc) is 3.19. The lowest BCUT2D eigenvalue weighted by atomic mass is 10.0. The van der Waals surface area contributed by atoms with Crippen molar-refractivity contribution in [3.63, 3.8) is 0 Å². The third-order valence-corrected chi connectivity index (χ3v) is 4.73. The van der Waals surface area contributed by atoms with Gasteiger partial charge in [0.15, 0.2) is 5.82 Å². The van der Waals surface area contributed by atoms with Crippen LogP contribution in [0, 0.1) is 0 Å². The number of hydrogen-bond acceptors (Lipinski definition) is 4. The first kappa shape index (κ1) is 16.6. The van der Waals surface area contributed by atoms with Gasteiger partial charge in [0.25, 0.3) is 5.91 Å². The number of nitrogens with zero attached hydrogens (tertiary/aromatic N) is 4. The first-order valence-electron chi connectivity index (χ1n) is 8.29. The Labute approximate surface area is 142 Å². The van der Waals surface area contributed by atoms with Crippen molar-refractivity contribution in [3.8, 4) is 0 Å². The summed E-state index contributed by atoms with van der Waals surface area (Å²) in [5.74, 6) is 1.25. The number of methoxy groups -OCH3 is 1. The van der Waals surface area contributed by atoms with Crippen LogP contribution in [0.1, 0.15) is 54.0 Å². The lowest BCUT2D eigenvalue weighted by Crippen LogP contribution is -2.33. The Morgan fingerprint density at radius 2 is 2.00 bits per heavy atom. The number of hydrogen-bond donors (Lipinski definition) is 0. The Bertz CT molecular complexity index is 708. The van der Waals surface area contributed by atoms with E-state index in [9.17, 15) is 4.79 Å². The van der Waals surface area contributed by atoms with Gasteiger partial charge in [0.2, 0.25) is 0 Å². The minimum atomic E-state index is -0.111. The summed E-state index contributed by atoms with van der Waals surface area (Å²) < 4.78 is 7.36. The highest BCUT2D eigenvalue weighted by molar-refractivity contribution is 5.94. The highest BCUT2D eigenvalue weighted by atomic mass is 16.5. The van der Waals surface area contributed by atoms with E-state index < -0.39 is 0 Å². The summed E-state index contributed by atoms with van der Waals surface area (Å²) in [6.07, 6.45) is 2.42. The lowest BCUT2D eigenvalue weighted by Gasteiger charge is -2.23. The molecule has 6 heteroatoms. The van der Waals surface area contributed by atoms with E-state index in [1.54, 1.807) is 13.4 Å². The molecule has 2 aromatic rings. The Hall–Kier alpha value is -2.21. The van der Waals surface area contributed by atoms with Crippen molar-refractivity contribution in [1.82, 2.24) is 19.7 Å². The molecule has 128 valence electrons. The van der Waals surface area contributed by atoms with E-state index in [1.807, 2.05) is 40.8 Å². The standard InChI is InChI=1S/C18H24N4O2/c1-12(2)13-5-7-14(8-6-13)18(23)22-10-15(24-4)9-16(22)17-20-19-11-21(17)3/h5-8,11-12,15-16H,9-10H2,1-4H3/t15-,16+/m1/s1. The molecular weight excluding hydrogens is 304 g/mol. The largest absolute Gasteiger partial charge is 0.380 e. The normalized spacial score (nSPS) is 20.8. The van der Waals surface area contributed by atoms with Crippen LogP contribution < -0.4 is 0 Å². The third kappa shape index (κ3) is 3.06. The van der Waals surface area contributed by atoms with E-state index in [2.05, 4.69) is 24.0 Å². The van der Waals surface area contributed by atoms with Crippen LogP contribution in [0.3, 0.4) is 0 Å². The monoisotopic (exact) mass is 328 g/mol. The molecule has 2 atom stereocenters. The molecule has 1 aromatic carbocycles. The number of aromatic nitrogens is 3. The summed E-state index contributed by atoms with van der Waals surface area (Å²) in [5.41, 5.74) is 1.93. The number of carbonyl (C=O) groups is 1. The summed E-state index contributed by atoms with van der Waals surface area (Å²) >= 11 is 0. The van der Waals surface area contributed by atoms with Gasteiger partial charge < -0.3 is 14.2 Å². The van der Waals surface area contributed by atoms with Gasteiger partial charge in [-0.05, 0) is 23.6 Å². The molecule has 0 spiro atoms. The molecular formula is C18H24N4O2. The number of aryl methyl sites for hydroxylation is 1. The van der Waals surface area contributed by atoms with Crippen LogP contribution in [-0.2, 0) is 11.8 Å². The molecule has 0 radical (unpaired) electrons. The number of amides is 1. The fourth-order valence-electron chi connectivity index (χ4n) is 3.21. The second kappa shape index (κ2) is 6.73. The highest BCUT2D eigenvalue weighted by Gasteiger charge is 2.39. The molecule has 24 heavy (non-hydrogen) atoms. The topological polar surface area (TPSA) is 60.3 Å². The molecule has 3 rings (SSSR count). The quantitative estimate of drug-likeness (QED) is 0.865. The average molecular weight is 328 g/mol. The van der Waals surface area contributed by atoms with Gasteiger partial charge in [0, 0.05) is 32.7 Å². The maximum atomic E-state index is 13.0. The van der Waals surface area contributed by atoms with Gasteiger partial charge in [-0.2, -0.15) is 0 Å². The fourth-order valence-corrected chi connectivity index (χ4v) is 3.21. The van der Waals surface area contributed by atoms with Gasteiger partial charge >= 0.3 is 0 Å². The molecule has 6 nitrogen and oxygen atoms in total. The first-order chi connectivity index (χ1) is 11.5. The molecule has 1 saturated heterocycles. The van der Waals surface area contributed by atoms with E-state index in [0.717, 1.165) is 12.2 Å². The van der Waals surface area contributed by atoms with Gasteiger partial charge in [-0.3, -0.25) is 4.79 Å². The van der Waals surface area contributed by atoms with Gasteiger partial charge in [0.1, 0.15) is 6.33 Å². The molecule has 0 aliphatic carbocycles. The van der Waals surface area contributed by atoms with Gasteiger partial charge in [-0.15, -0.1) is 10.2 Å². The Morgan fingerprint density at radius 3 is 2.54 bits per heavy atom. The number of ether oxygens (including phenoxy) is 1. The predicted molar refractivity (Wildman–Crippen MR) is 90.7 cm³/mol. The smallest absolute Gasteiger partial charge is 0.254 e. The molecule has 0 unspecified atom stereocenters. The van der Waals surface area contributed by atoms with Crippen molar-refractivity contribution in [3.05, 3.63) is 47.5 Å². The zero-order valence-corrected chi connectivity index (χ0v) is 14.6. The van der Waals surface area contributed by atoms with E-state index in [1.165, 1.54) is 5.56 Å². The number of benzene rings is 1. The van der Waals surface area contributed by atoms with Crippen LogP contribution in [0.15, 0.2) is 30.6 Å². The van der Waals surface area contributed by atoms with Crippen LogP contribution in [0.5, 0.6) is 0 Å². The van der Waals surface area contributed by atoms with Gasteiger partial charge in [-0.25, -0.2) is 0 Å². The Balaban J connectivity index is 1.87. The summed E-state index contributed by atoms with van der Waals surface area (Å²) in [4.78, 5) is 14.9. The van der Waals surface area contributed by atoms with Crippen molar-refractivity contribution in [2.75, 3.05) is 13.7 Å². The molecule has 0 bridgehead atoms. The Morgan fingerprint density at radius 1 is 1.29 bits per heavy atom. The molecule has 1 aliphatic rings. The van der Waals surface area contributed by atoms with Crippen molar-refractivity contribution < 1.29 is 9.53 Å². The molecule has 1 amide bonds. The summed E-state index contributed by atoms with van der Waals surface area (Å²) in [6, 6.07) is 7.76. The minimum absolute atomic E-state index is 0.0119. The zero-order valence-electron chi connectivity index (χ0n) is 14.6. The number of carbonyl (C=O) groups excluding carboxylic acids is 1. The second-order valence-electron chi connectivity index (χ2n) is 6.64. The van der Waals surface area contributed by atoms with Crippen LogP contribution in [0.2, 0.25) is 0 Å². The summed E-state index contributed by atoms with van der Waals surface area (Å²) in [6.45, 7) is 4.86. The minimum Gasteiger partial charge on any atom is -0.380 e. The molecule has 1 aliphatic heterocycles. The first-order valence-corrected chi connectivity index (χ1v) is 8.29. The Kier molecular flexibility index (Phi) is 4.66. The molecule has 1 aromatic heterocycles. The lowest BCUT2D eigenvalue weighted by molar-refractivity contribution is 0.0683. The maximum Gasteiger partial charge on any atom is 0.254 e. The highest BCUT2D eigenvalue weighted by Crippen LogP contribution is 2.33. The maximum absolute atomic E-state index is 13.0. The van der Waals surface area contributed by atoms with Gasteiger partial charge in [-0.1, -0.05) is 26.0 Å². The van der Waals surface area contributed by atoms with Crippen molar-refractivity contribution >= 4 is 5.91 Å². The zero-order chi connectivity index (χ0) is 17.3. The third-order valence-electron chi connectivity index (χ3n) is 4.73. The summed E-state index contributed by atoms with van der Waals surface area (Å²) in [7, 11) is 3.58. The van der Waals surface area contributed by atoms with Crippen molar-refractivity contribution in [2.45, 2.75) is 38.3 Å². The number of rotatable bonds is 4. The van der Waals surface area contributed by atoms with Crippen LogP contribution >= 0.6 is 0 Å². The predicted octanol–water partition coefficient (Wildman–Crippen LogP) is 2.54. The van der Waals surface area contributed by atoms with E-state index >= 15 is 0 Å². The molecule has 1 fully saturated rings. The summed E-state index contributed by atoms with van der Waals surface area (Å²) in [5, 5.41) is 8.14. The molecule has 0 N–H and O–H groups in total. The van der Waals surface area contributed by atoms with Gasteiger partial charge in [0.05, 0.1) is 12.1 Å².